The second-order valence-electron chi connectivity index (χ2n) is 6.31. The van der Waals surface area contributed by atoms with Crippen LogP contribution in [0.4, 0.5) is 0 Å². The molecule has 23 heavy (non-hydrogen) atoms. The van der Waals surface area contributed by atoms with E-state index in [0.717, 1.165) is 12.8 Å². The maximum Gasteiger partial charge on any atom is 0.249 e. The molecule has 1 aromatic heterocycles. The Morgan fingerprint density at radius 2 is 1.91 bits per heavy atom. The lowest BCUT2D eigenvalue weighted by Crippen LogP contribution is -2.31. The molecule has 0 aliphatic carbocycles. The van der Waals surface area contributed by atoms with Gasteiger partial charge in [0.2, 0.25) is 11.8 Å². The van der Waals surface area contributed by atoms with Gasteiger partial charge in [-0.15, -0.1) is 0 Å². The highest BCUT2D eigenvalue weighted by atomic mass is 16.5. The number of carbonyl (C=O) groups is 1. The molecule has 0 spiro atoms. The first kappa shape index (κ1) is 17.2. The lowest BCUT2D eigenvalue weighted by molar-refractivity contribution is -0.122. The van der Waals surface area contributed by atoms with Crippen LogP contribution in [0.25, 0.3) is 0 Å². The molecule has 0 fully saturated rings. The average molecular weight is 315 g/mol. The SMILES string of the molecule is Cc1ccc(CCCC(=O)N[C@@H](c2nc(C)no2)C(C)C)cc1. The smallest absolute Gasteiger partial charge is 0.249 e. The fraction of sp³-hybridized carbons (Fsp3) is 0.500. The van der Waals surface area contributed by atoms with Crippen molar-refractivity contribution < 1.29 is 9.32 Å². The van der Waals surface area contributed by atoms with Gasteiger partial charge in [-0.3, -0.25) is 4.79 Å². The van der Waals surface area contributed by atoms with Gasteiger partial charge < -0.3 is 9.84 Å². The van der Waals surface area contributed by atoms with Crippen LogP contribution in [0.3, 0.4) is 0 Å². The molecule has 1 heterocycles. The summed E-state index contributed by atoms with van der Waals surface area (Å²) in [5.74, 6) is 1.27. The number of hydrogen-bond donors (Lipinski definition) is 1. The van der Waals surface area contributed by atoms with Crippen LogP contribution in [-0.2, 0) is 11.2 Å². The van der Waals surface area contributed by atoms with Crippen LogP contribution in [0.5, 0.6) is 0 Å². The number of aryl methyl sites for hydroxylation is 3. The molecule has 0 radical (unpaired) electrons. The molecule has 0 aliphatic rings. The molecule has 1 aromatic carbocycles. The minimum atomic E-state index is -0.233. The fourth-order valence-electron chi connectivity index (χ4n) is 2.41. The van der Waals surface area contributed by atoms with Gasteiger partial charge in [0.15, 0.2) is 5.82 Å². The van der Waals surface area contributed by atoms with Gasteiger partial charge in [0.25, 0.3) is 0 Å². The van der Waals surface area contributed by atoms with Crippen molar-refractivity contribution in [1.82, 2.24) is 15.5 Å². The van der Waals surface area contributed by atoms with E-state index >= 15 is 0 Å². The second kappa shape index (κ2) is 7.90. The van der Waals surface area contributed by atoms with Crippen molar-refractivity contribution >= 4 is 5.91 Å². The molecule has 5 heteroatoms. The Hall–Kier alpha value is -2.17. The summed E-state index contributed by atoms with van der Waals surface area (Å²) in [5, 5.41) is 6.80. The van der Waals surface area contributed by atoms with Gasteiger partial charge in [-0.25, -0.2) is 0 Å². The summed E-state index contributed by atoms with van der Waals surface area (Å²) in [6, 6.07) is 8.20. The third-order valence-electron chi connectivity index (χ3n) is 3.78. The van der Waals surface area contributed by atoms with Gasteiger partial charge in [-0.1, -0.05) is 48.8 Å². The Morgan fingerprint density at radius 1 is 1.22 bits per heavy atom. The topological polar surface area (TPSA) is 68.0 Å². The lowest BCUT2D eigenvalue weighted by Gasteiger charge is -2.18. The highest BCUT2D eigenvalue weighted by Gasteiger charge is 2.23. The van der Waals surface area contributed by atoms with Crippen LogP contribution < -0.4 is 5.32 Å². The van der Waals surface area contributed by atoms with Gasteiger partial charge >= 0.3 is 0 Å². The molecular weight excluding hydrogens is 290 g/mol. The standard InChI is InChI=1S/C18H25N3O2/c1-12(2)17(18-19-14(4)21-23-18)20-16(22)7-5-6-15-10-8-13(3)9-11-15/h8-12,17H,5-7H2,1-4H3,(H,20,22)/t17-/m1/s1. The second-order valence-corrected chi connectivity index (χ2v) is 6.31. The van der Waals surface area contributed by atoms with E-state index in [1.54, 1.807) is 6.92 Å². The molecule has 124 valence electrons. The van der Waals surface area contributed by atoms with E-state index in [-0.39, 0.29) is 17.9 Å². The quantitative estimate of drug-likeness (QED) is 0.849. The number of rotatable bonds is 7. The molecule has 1 N–H and O–H groups in total. The Morgan fingerprint density at radius 3 is 2.48 bits per heavy atom. The van der Waals surface area contributed by atoms with Crippen molar-refractivity contribution in [2.75, 3.05) is 0 Å². The predicted molar refractivity (Wildman–Crippen MR) is 88.9 cm³/mol. The maximum absolute atomic E-state index is 12.2. The first-order valence-corrected chi connectivity index (χ1v) is 8.11. The molecular formula is C18H25N3O2. The van der Waals surface area contributed by atoms with E-state index in [1.165, 1.54) is 11.1 Å². The average Bonchev–Trinajstić information content (AvgIpc) is 2.93. The first-order chi connectivity index (χ1) is 11.0. The summed E-state index contributed by atoms with van der Waals surface area (Å²) in [5.41, 5.74) is 2.51. The molecule has 0 unspecified atom stereocenters. The zero-order chi connectivity index (χ0) is 16.8. The molecule has 1 amide bonds. The molecule has 2 rings (SSSR count). The van der Waals surface area contributed by atoms with Crippen LogP contribution in [-0.4, -0.2) is 16.0 Å². The molecule has 0 aliphatic heterocycles. The predicted octanol–water partition coefficient (Wildman–Crippen LogP) is 3.52. The monoisotopic (exact) mass is 315 g/mol. The maximum atomic E-state index is 12.2. The molecule has 5 nitrogen and oxygen atoms in total. The van der Waals surface area contributed by atoms with E-state index < -0.39 is 0 Å². The third-order valence-corrected chi connectivity index (χ3v) is 3.78. The van der Waals surface area contributed by atoms with Crippen LogP contribution in [0.15, 0.2) is 28.8 Å². The van der Waals surface area contributed by atoms with Gasteiger partial charge in [0.05, 0.1) is 0 Å². The zero-order valence-corrected chi connectivity index (χ0v) is 14.3. The minimum Gasteiger partial charge on any atom is -0.344 e. The number of nitrogens with one attached hydrogen (secondary N) is 1. The molecule has 1 atom stereocenters. The highest BCUT2D eigenvalue weighted by molar-refractivity contribution is 5.76. The summed E-state index contributed by atoms with van der Waals surface area (Å²) in [7, 11) is 0. The van der Waals surface area contributed by atoms with Gasteiger partial charge in [-0.05, 0) is 38.2 Å². The highest BCUT2D eigenvalue weighted by Crippen LogP contribution is 2.20. The largest absolute Gasteiger partial charge is 0.344 e. The van der Waals surface area contributed by atoms with Crippen molar-refractivity contribution in [3.8, 4) is 0 Å². The molecule has 0 saturated carbocycles. The number of nitrogens with zero attached hydrogens (tertiary/aromatic N) is 2. The van der Waals surface area contributed by atoms with Crippen LogP contribution in [0, 0.1) is 19.8 Å². The van der Waals surface area contributed by atoms with Crippen molar-refractivity contribution in [2.24, 2.45) is 5.92 Å². The number of benzene rings is 1. The number of carbonyl (C=O) groups excluding carboxylic acids is 1. The van der Waals surface area contributed by atoms with E-state index in [0.29, 0.717) is 18.1 Å². The van der Waals surface area contributed by atoms with Crippen molar-refractivity contribution in [1.29, 1.82) is 0 Å². The molecule has 0 saturated heterocycles. The number of aromatic nitrogens is 2. The van der Waals surface area contributed by atoms with E-state index in [9.17, 15) is 4.79 Å². The van der Waals surface area contributed by atoms with Crippen molar-refractivity contribution in [3.05, 3.63) is 47.1 Å². The van der Waals surface area contributed by atoms with Crippen LogP contribution >= 0.6 is 0 Å². The summed E-state index contributed by atoms with van der Waals surface area (Å²) >= 11 is 0. The van der Waals surface area contributed by atoms with Gasteiger partial charge in [0.1, 0.15) is 6.04 Å². The molecule has 0 bridgehead atoms. The Labute approximate surface area is 137 Å². The summed E-state index contributed by atoms with van der Waals surface area (Å²) < 4.78 is 5.20. The normalized spacial score (nSPS) is 12.4. The molecule has 2 aromatic rings. The summed E-state index contributed by atoms with van der Waals surface area (Å²) in [6.07, 6.45) is 2.21. The van der Waals surface area contributed by atoms with E-state index in [2.05, 4.69) is 46.6 Å². The van der Waals surface area contributed by atoms with Gasteiger partial charge in [-0.2, -0.15) is 4.98 Å². The Balaban J connectivity index is 1.83. The zero-order valence-electron chi connectivity index (χ0n) is 14.3. The first-order valence-electron chi connectivity index (χ1n) is 8.11. The minimum absolute atomic E-state index is 0.0201. The van der Waals surface area contributed by atoms with E-state index in [4.69, 9.17) is 4.52 Å². The number of amides is 1. The van der Waals surface area contributed by atoms with Crippen molar-refractivity contribution in [2.45, 2.75) is 53.0 Å². The Kier molecular flexibility index (Phi) is 5.90. The van der Waals surface area contributed by atoms with Crippen molar-refractivity contribution in [3.63, 3.8) is 0 Å². The Bertz CT molecular complexity index is 632. The number of hydrogen-bond acceptors (Lipinski definition) is 4. The fourth-order valence-corrected chi connectivity index (χ4v) is 2.41. The van der Waals surface area contributed by atoms with Crippen LogP contribution in [0.1, 0.15) is 55.6 Å². The van der Waals surface area contributed by atoms with Gasteiger partial charge in [0, 0.05) is 6.42 Å². The van der Waals surface area contributed by atoms with Crippen LogP contribution in [0.2, 0.25) is 0 Å². The summed E-state index contributed by atoms with van der Waals surface area (Å²) in [6.45, 7) is 7.89. The van der Waals surface area contributed by atoms with E-state index in [1.807, 2.05) is 13.8 Å². The third kappa shape index (κ3) is 5.20. The summed E-state index contributed by atoms with van der Waals surface area (Å²) in [4.78, 5) is 16.4. The lowest BCUT2D eigenvalue weighted by atomic mass is 10.0.